The molecule has 0 unspecified atom stereocenters. The minimum atomic E-state index is -0.218. The smallest absolute Gasteiger partial charge is 0.240 e. The summed E-state index contributed by atoms with van der Waals surface area (Å²) >= 11 is 0. The molecule has 1 aliphatic heterocycles. The summed E-state index contributed by atoms with van der Waals surface area (Å²) in [6, 6.07) is 10.0. The van der Waals surface area contributed by atoms with Gasteiger partial charge >= 0.3 is 0 Å². The number of hydrogen-bond donors (Lipinski definition) is 1. The predicted molar refractivity (Wildman–Crippen MR) is 104 cm³/mol. The van der Waals surface area contributed by atoms with Gasteiger partial charge in [-0.25, -0.2) is 4.68 Å². The Kier molecular flexibility index (Phi) is 4.27. The van der Waals surface area contributed by atoms with Gasteiger partial charge in [0.25, 0.3) is 0 Å². The minimum Gasteiger partial charge on any atom is -0.351 e. The number of aromatic nitrogens is 3. The fourth-order valence-corrected chi connectivity index (χ4v) is 3.49. The molecule has 3 heterocycles. The SMILES string of the molecule is C=CCNC(=O)CN1C(=O)CCn2nc(-c3cn(C)c4ccccc34)cc21. The molecule has 0 atom stereocenters. The van der Waals surface area contributed by atoms with Gasteiger partial charge in [-0.05, 0) is 6.07 Å². The zero-order valence-corrected chi connectivity index (χ0v) is 15.2. The number of para-hydroxylation sites is 1. The standard InChI is InChI=1S/C20H21N5O2/c1-3-9-21-18(26)13-24-19-11-16(22-25(19)10-8-20(24)27)15-12-23(2)17-7-5-4-6-14(15)17/h3-7,11-12H,1,8-10,13H2,2H3,(H,21,26). The molecule has 138 valence electrons. The first kappa shape index (κ1) is 17.1. The van der Waals surface area contributed by atoms with E-state index in [9.17, 15) is 9.59 Å². The van der Waals surface area contributed by atoms with E-state index in [2.05, 4.69) is 28.6 Å². The predicted octanol–water partition coefficient (Wildman–Crippen LogP) is 2.08. The van der Waals surface area contributed by atoms with Crippen LogP contribution in [0.4, 0.5) is 5.82 Å². The topological polar surface area (TPSA) is 72.2 Å². The van der Waals surface area contributed by atoms with Crippen LogP contribution in [0.25, 0.3) is 22.2 Å². The maximum atomic E-state index is 12.4. The number of anilines is 1. The first-order valence-electron chi connectivity index (χ1n) is 8.88. The van der Waals surface area contributed by atoms with Crippen molar-refractivity contribution >= 4 is 28.5 Å². The van der Waals surface area contributed by atoms with Crippen LogP contribution in [-0.2, 0) is 23.2 Å². The summed E-state index contributed by atoms with van der Waals surface area (Å²) in [5, 5.41) is 8.52. The Morgan fingerprint density at radius 1 is 1.37 bits per heavy atom. The lowest BCUT2D eigenvalue weighted by atomic mass is 10.1. The second kappa shape index (κ2) is 6.75. The molecule has 0 bridgehead atoms. The number of hydrogen-bond acceptors (Lipinski definition) is 3. The number of fused-ring (bicyclic) bond motifs is 2. The molecule has 1 aromatic carbocycles. The molecule has 0 saturated carbocycles. The lowest BCUT2D eigenvalue weighted by Crippen LogP contribution is -2.44. The van der Waals surface area contributed by atoms with Gasteiger partial charge in [0, 0.05) is 48.7 Å². The molecule has 0 aliphatic carbocycles. The van der Waals surface area contributed by atoms with Crippen molar-refractivity contribution in [1.29, 1.82) is 0 Å². The molecular weight excluding hydrogens is 342 g/mol. The van der Waals surface area contributed by atoms with Crippen LogP contribution in [0.2, 0.25) is 0 Å². The lowest BCUT2D eigenvalue weighted by Gasteiger charge is -2.26. The molecule has 1 aliphatic rings. The lowest BCUT2D eigenvalue weighted by molar-refractivity contribution is -0.124. The highest BCUT2D eigenvalue weighted by Crippen LogP contribution is 2.33. The van der Waals surface area contributed by atoms with Gasteiger partial charge in [-0.1, -0.05) is 24.3 Å². The van der Waals surface area contributed by atoms with E-state index in [1.807, 2.05) is 31.4 Å². The third kappa shape index (κ3) is 3.01. The number of carbonyl (C=O) groups is 2. The average Bonchev–Trinajstić information content (AvgIpc) is 3.24. The van der Waals surface area contributed by atoms with Crippen LogP contribution in [0.3, 0.4) is 0 Å². The van der Waals surface area contributed by atoms with E-state index in [0.29, 0.717) is 25.3 Å². The number of nitrogens with zero attached hydrogens (tertiary/aromatic N) is 4. The highest BCUT2D eigenvalue weighted by molar-refractivity contribution is 6.00. The fourth-order valence-electron chi connectivity index (χ4n) is 3.49. The maximum Gasteiger partial charge on any atom is 0.240 e. The van der Waals surface area contributed by atoms with E-state index in [1.54, 1.807) is 10.8 Å². The largest absolute Gasteiger partial charge is 0.351 e. The quantitative estimate of drug-likeness (QED) is 0.706. The van der Waals surface area contributed by atoms with Crippen LogP contribution < -0.4 is 10.2 Å². The zero-order chi connectivity index (χ0) is 19.0. The van der Waals surface area contributed by atoms with Gasteiger partial charge in [0.15, 0.2) is 0 Å². The number of carbonyl (C=O) groups excluding carboxylic acids is 2. The van der Waals surface area contributed by atoms with Gasteiger partial charge in [0.2, 0.25) is 11.8 Å². The second-order valence-electron chi connectivity index (χ2n) is 6.60. The van der Waals surface area contributed by atoms with Crippen molar-refractivity contribution in [2.24, 2.45) is 7.05 Å². The Morgan fingerprint density at radius 2 is 2.19 bits per heavy atom. The van der Waals surface area contributed by atoms with Crippen LogP contribution in [-0.4, -0.2) is 39.3 Å². The third-order valence-corrected chi connectivity index (χ3v) is 4.79. The molecule has 0 spiro atoms. The molecule has 1 N–H and O–H groups in total. The third-order valence-electron chi connectivity index (χ3n) is 4.79. The second-order valence-corrected chi connectivity index (χ2v) is 6.60. The first-order valence-corrected chi connectivity index (χ1v) is 8.88. The Bertz CT molecular complexity index is 1050. The van der Waals surface area contributed by atoms with Gasteiger partial charge in [0.05, 0.1) is 12.2 Å². The van der Waals surface area contributed by atoms with E-state index in [0.717, 1.165) is 22.2 Å². The normalized spacial score (nSPS) is 13.7. The molecule has 4 rings (SSSR count). The Morgan fingerprint density at radius 3 is 3.00 bits per heavy atom. The van der Waals surface area contributed by atoms with Gasteiger partial charge in [-0.2, -0.15) is 5.10 Å². The summed E-state index contributed by atoms with van der Waals surface area (Å²) in [6.45, 7) is 4.46. The number of benzene rings is 1. The van der Waals surface area contributed by atoms with Crippen LogP contribution >= 0.6 is 0 Å². The van der Waals surface area contributed by atoms with Crippen LogP contribution in [0.5, 0.6) is 0 Å². The van der Waals surface area contributed by atoms with Crippen molar-refractivity contribution in [1.82, 2.24) is 19.7 Å². The van der Waals surface area contributed by atoms with E-state index < -0.39 is 0 Å². The van der Waals surface area contributed by atoms with Gasteiger partial charge in [-0.15, -0.1) is 6.58 Å². The van der Waals surface area contributed by atoms with E-state index in [-0.39, 0.29) is 18.4 Å². The van der Waals surface area contributed by atoms with Gasteiger partial charge < -0.3 is 9.88 Å². The highest BCUT2D eigenvalue weighted by atomic mass is 16.2. The van der Waals surface area contributed by atoms with E-state index >= 15 is 0 Å². The minimum absolute atomic E-state index is 0.0205. The molecule has 0 fully saturated rings. The van der Waals surface area contributed by atoms with E-state index in [1.165, 1.54) is 4.90 Å². The van der Waals surface area contributed by atoms with Crippen molar-refractivity contribution in [3.05, 3.63) is 49.2 Å². The van der Waals surface area contributed by atoms with Gasteiger partial charge in [0.1, 0.15) is 12.4 Å². The summed E-state index contributed by atoms with van der Waals surface area (Å²) in [4.78, 5) is 26.0. The van der Waals surface area contributed by atoms with Crippen molar-refractivity contribution in [3.8, 4) is 11.3 Å². The molecule has 2 aromatic heterocycles. The summed E-state index contributed by atoms with van der Waals surface area (Å²) in [5.41, 5.74) is 2.93. The molecule has 7 nitrogen and oxygen atoms in total. The molecule has 2 amide bonds. The Hall–Kier alpha value is -3.35. The molecular formula is C20H21N5O2. The van der Waals surface area contributed by atoms with Crippen molar-refractivity contribution in [2.45, 2.75) is 13.0 Å². The highest BCUT2D eigenvalue weighted by Gasteiger charge is 2.28. The number of amides is 2. The van der Waals surface area contributed by atoms with Crippen LogP contribution in [0, 0.1) is 0 Å². The Labute approximate surface area is 156 Å². The van der Waals surface area contributed by atoms with Crippen molar-refractivity contribution in [3.63, 3.8) is 0 Å². The van der Waals surface area contributed by atoms with Crippen molar-refractivity contribution < 1.29 is 9.59 Å². The van der Waals surface area contributed by atoms with Crippen LogP contribution in [0.1, 0.15) is 6.42 Å². The summed E-state index contributed by atoms with van der Waals surface area (Å²) in [7, 11) is 2.00. The summed E-state index contributed by atoms with van der Waals surface area (Å²) in [6.07, 6.45) is 3.99. The molecule has 27 heavy (non-hydrogen) atoms. The molecule has 0 saturated heterocycles. The molecule has 7 heteroatoms. The van der Waals surface area contributed by atoms with Crippen molar-refractivity contribution in [2.75, 3.05) is 18.0 Å². The first-order chi connectivity index (χ1) is 13.1. The number of aryl methyl sites for hydroxylation is 2. The maximum absolute atomic E-state index is 12.4. The summed E-state index contributed by atoms with van der Waals surface area (Å²) < 4.78 is 3.87. The zero-order valence-electron chi connectivity index (χ0n) is 15.2. The molecule has 0 radical (unpaired) electrons. The average molecular weight is 363 g/mol. The number of rotatable bonds is 5. The monoisotopic (exact) mass is 363 g/mol. The fraction of sp³-hybridized carbons (Fsp3) is 0.250. The summed E-state index contributed by atoms with van der Waals surface area (Å²) in [5.74, 6) is 0.369. The number of nitrogens with one attached hydrogen (secondary N) is 1. The molecule has 3 aromatic rings. The van der Waals surface area contributed by atoms with Gasteiger partial charge in [-0.3, -0.25) is 14.5 Å². The Balaban J connectivity index is 1.71. The van der Waals surface area contributed by atoms with E-state index in [4.69, 9.17) is 5.10 Å². The van der Waals surface area contributed by atoms with Crippen LogP contribution in [0.15, 0.2) is 49.2 Å².